The summed E-state index contributed by atoms with van der Waals surface area (Å²) in [7, 11) is 0. The Balaban J connectivity index is 2.38. The van der Waals surface area contributed by atoms with Gasteiger partial charge in [0.2, 0.25) is 0 Å². The molecule has 1 N–H and O–H groups in total. The summed E-state index contributed by atoms with van der Waals surface area (Å²) in [5, 5.41) is 2.06. The summed E-state index contributed by atoms with van der Waals surface area (Å²) in [5.41, 5.74) is 3.20. The second kappa shape index (κ2) is 4.72. The SMILES string of the molecule is C=CCNN1CCN=C1CC=C. The van der Waals surface area contributed by atoms with Crippen LogP contribution in [0.25, 0.3) is 0 Å². The second-order valence-electron chi connectivity index (χ2n) is 2.59. The third kappa shape index (κ3) is 2.20. The third-order valence-corrected chi connectivity index (χ3v) is 1.68. The maximum absolute atomic E-state index is 4.33. The summed E-state index contributed by atoms with van der Waals surface area (Å²) in [4.78, 5) is 4.33. The monoisotopic (exact) mass is 165 g/mol. The number of hydrogen-bond acceptors (Lipinski definition) is 3. The zero-order valence-electron chi connectivity index (χ0n) is 7.29. The van der Waals surface area contributed by atoms with Crippen LogP contribution in [0.15, 0.2) is 30.3 Å². The molecule has 1 aliphatic rings. The summed E-state index contributed by atoms with van der Waals surface area (Å²) < 4.78 is 0. The standard InChI is InChI=1S/C9H15N3/c1-3-5-9-10-7-8-12(9)11-6-4-2/h3-4,11H,1-2,5-8H2. The molecule has 0 aromatic heterocycles. The van der Waals surface area contributed by atoms with E-state index in [1.54, 1.807) is 0 Å². The molecule has 0 aromatic carbocycles. The fourth-order valence-corrected chi connectivity index (χ4v) is 1.14. The molecule has 0 atom stereocenters. The Morgan fingerprint density at radius 1 is 1.50 bits per heavy atom. The topological polar surface area (TPSA) is 27.6 Å². The number of nitrogens with one attached hydrogen (secondary N) is 1. The molecule has 0 radical (unpaired) electrons. The molecule has 0 fully saturated rings. The van der Waals surface area contributed by atoms with Crippen LogP contribution in [-0.4, -0.2) is 30.5 Å². The van der Waals surface area contributed by atoms with E-state index in [9.17, 15) is 0 Å². The first-order valence-electron chi connectivity index (χ1n) is 4.14. The average Bonchev–Trinajstić information content (AvgIpc) is 2.50. The van der Waals surface area contributed by atoms with Gasteiger partial charge < -0.3 is 0 Å². The Bertz CT molecular complexity index is 196. The molecular formula is C9H15N3. The van der Waals surface area contributed by atoms with Crippen molar-refractivity contribution in [1.82, 2.24) is 10.4 Å². The smallest absolute Gasteiger partial charge is 0.117 e. The van der Waals surface area contributed by atoms with Crippen LogP contribution >= 0.6 is 0 Å². The highest BCUT2D eigenvalue weighted by Crippen LogP contribution is 2.01. The normalized spacial score (nSPS) is 16.0. The van der Waals surface area contributed by atoms with Crippen molar-refractivity contribution < 1.29 is 0 Å². The number of hydrazine groups is 1. The molecule has 0 aromatic rings. The highest BCUT2D eigenvalue weighted by atomic mass is 15.5. The summed E-state index contributed by atoms with van der Waals surface area (Å²) >= 11 is 0. The Morgan fingerprint density at radius 2 is 2.33 bits per heavy atom. The fourth-order valence-electron chi connectivity index (χ4n) is 1.14. The Morgan fingerprint density at radius 3 is 3.00 bits per heavy atom. The van der Waals surface area contributed by atoms with Crippen molar-refractivity contribution >= 4 is 5.84 Å². The van der Waals surface area contributed by atoms with E-state index in [0.717, 1.165) is 31.9 Å². The van der Waals surface area contributed by atoms with Crippen LogP contribution in [0, 0.1) is 0 Å². The molecule has 0 bridgehead atoms. The van der Waals surface area contributed by atoms with Gasteiger partial charge in [-0.2, -0.15) is 0 Å². The molecule has 12 heavy (non-hydrogen) atoms. The van der Waals surface area contributed by atoms with Crippen molar-refractivity contribution in [3.63, 3.8) is 0 Å². The van der Waals surface area contributed by atoms with Crippen LogP contribution < -0.4 is 5.43 Å². The minimum atomic E-state index is 0.788. The summed E-state index contributed by atoms with van der Waals surface area (Å²) in [6, 6.07) is 0. The minimum absolute atomic E-state index is 0.788. The molecule has 1 rings (SSSR count). The third-order valence-electron chi connectivity index (χ3n) is 1.68. The lowest BCUT2D eigenvalue weighted by Gasteiger charge is -2.19. The number of aliphatic imine (C=N–C) groups is 1. The number of nitrogens with zero attached hydrogens (tertiary/aromatic N) is 2. The molecule has 0 saturated carbocycles. The van der Waals surface area contributed by atoms with Gasteiger partial charge in [-0.05, 0) is 0 Å². The quantitative estimate of drug-likeness (QED) is 0.615. The average molecular weight is 165 g/mol. The van der Waals surface area contributed by atoms with Gasteiger partial charge in [-0.15, -0.1) is 13.2 Å². The summed E-state index contributed by atoms with van der Waals surface area (Å²) in [6.07, 6.45) is 4.54. The van der Waals surface area contributed by atoms with Gasteiger partial charge in [0.15, 0.2) is 0 Å². The molecule has 0 aliphatic carbocycles. The molecule has 0 spiro atoms. The van der Waals surface area contributed by atoms with Crippen molar-refractivity contribution in [3.8, 4) is 0 Å². The van der Waals surface area contributed by atoms with Crippen molar-refractivity contribution in [2.75, 3.05) is 19.6 Å². The minimum Gasteiger partial charge on any atom is -0.294 e. The largest absolute Gasteiger partial charge is 0.294 e. The van der Waals surface area contributed by atoms with E-state index >= 15 is 0 Å². The van der Waals surface area contributed by atoms with Gasteiger partial charge in [0.05, 0.1) is 13.1 Å². The fraction of sp³-hybridized carbons (Fsp3) is 0.444. The molecular weight excluding hydrogens is 150 g/mol. The molecule has 1 heterocycles. The van der Waals surface area contributed by atoms with Gasteiger partial charge in [0, 0.05) is 13.0 Å². The first-order valence-corrected chi connectivity index (χ1v) is 4.14. The lowest BCUT2D eigenvalue weighted by Crippen LogP contribution is -2.40. The van der Waals surface area contributed by atoms with E-state index in [2.05, 4.69) is 28.6 Å². The van der Waals surface area contributed by atoms with Gasteiger partial charge >= 0.3 is 0 Å². The number of rotatable bonds is 5. The second-order valence-corrected chi connectivity index (χ2v) is 2.59. The Kier molecular flexibility index (Phi) is 3.54. The first-order chi connectivity index (χ1) is 5.88. The zero-order valence-corrected chi connectivity index (χ0v) is 7.29. The van der Waals surface area contributed by atoms with Gasteiger partial charge in [0.25, 0.3) is 0 Å². The molecule has 1 aliphatic heterocycles. The van der Waals surface area contributed by atoms with E-state index in [4.69, 9.17) is 0 Å². The molecule has 3 heteroatoms. The predicted molar refractivity (Wildman–Crippen MR) is 52.0 cm³/mol. The lowest BCUT2D eigenvalue weighted by molar-refractivity contribution is 0.348. The van der Waals surface area contributed by atoms with Gasteiger partial charge in [-0.3, -0.25) is 10.0 Å². The van der Waals surface area contributed by atoms with Crippen molar-refractivity contribution in [2.24, 2.45) is 4.99 Å². The van der Waals surface area contributed by atoms with Crippen molar-refractivity contribution in [1.29, 1.82) is 0 Å². The van der Waals surface area contributed by atoms with Gasteiger partial charge in [0.1, 0.15) is 5.84 Å². The first kappa shape index (κ1) is 9.00. The van der Waals surface area contributed by atoms with Crippen LogP contribution in [0.4, 0.5) is 0 Å². The van der Waals surface area contributed by atoms with Crippen LogP contribution in [0.5, 0.6) is 0 Å². The van der Waals surface area contributed by atoms with E-state index < -0.39 is 0 Å². The van der Waals surface area contributed by atoms with Gasteiger partial charge in [-0.25, -0.2) is 5.43 Å². The number of amidine groups is 1. The lowest BCUT2D eigenvalue weighted by atomic mass is 10.4. The number of hydrogen-bond donors (Lipinski definition) is 1. The molecule has 0 unspecified atom stereocenters. The van der Waals surface area contributed by atoms with Crippen molar-refractivity contribution in [2.45, 2.75) is 6.42 Å². The summed E-state index contributed by atoms with van der Waals surface area (Å²) in [6.45, 7) is 9.95. The van der Waals surface area contributed by atoms with Gasteiger partial charge in [-0.1, -0.05) is 12.2 Å². The highest BCUT2D eigenvalue weighted by Gasteiger charge is 2.13. The zero-order chi connectivity index (χ0) is 8.81. The van der Waals surface area contributed by atoms with Crippen LogP contribution in [-0.2, 0) is 0 Å². The Labute approximate surface area is 73.4 Å². The highest BCUT2D eigenvalue weighted by molar-refractivity contribution is 5.84. The van der Waals surface area contributed by atoms with E-state index in [1.165, 1.54) is 0 Å². The molecule has 3 nitrogen and oxygen atoms in total. The Hall–Kier alpha value is -1.09. The van der Waals surface area contributed by atoms with Crippen LogP contribution in [0.1, 0.15) is 6.42 Å². The maximum atomic E-state index is 4.33. The predicted octanol–water partition coefficient (Wildman–Crippen LogP) is 0.967. The van der Waals surface area contributed by atoms with Crippen LogP contribution in [0.3, 0.4) is 0 Å². The van der Waals surface area contributed by atoms with Crippen molar-refractivity contribution in [3.05, 3.63) is 25.3 Å². The van der Waals surface area contributed by atoms with Crippen LogP contribution in [0.2, 0.25) is 0 Å². The maximum Gasteiger partial charge on any atom is 0.117 e. The molecule has 66 valence electrons. The van der Waals surface area contributed by atoms with E-state index in [1.807, 2.05) is 12.2 Å². The van der Waals surface area contributed by atoms with E-state index in [0.29, 0.717) is 0 Å². The molecule has 0 saturated heterocycles. The summed E-state index contributed by atoms with van der Waals surface area (Å²) in [5.74, 6) is 1.08. The molecule has 0 amide bonds. The van der Waals surface area contributed by atoms with E-state index in [-0.39, 0.29) is 0 Å².